The maximum absolute atomic E-state index is 12.3. The van der Waals surface area contributed by atoms with Crippen LogP contribution in [-0.2, 0) is 4.79 Å². The molecule has 2 nitrogen and oxygen atoms in total. The van der Waals surface area contributed by atoms with Gasteiger partial charge < -0.3 is 5.11 Å². The van der Waals surface area contributed by atoms with Crippen LogP contribution in [0.1, 0.15) is 85.5 Å². The van der Waals surface area contributed by atoms with Gasteiger partial charge in [0.2, 0.25) is 0 Å². The molecule has 0 amide bonds. The average Bonchev–Trinajstić information content (AvgIpc) is 2.96. The van der Waals surface area contributed by atoms with E-state index in [9.17, 15) is 9.90 Å². The van der Waals surface area contributed by atoms with Gasteiger partial charge in [-0.1, -0.05) is 13.8 Å². The Morgan fingerprint density at radius 1 is 1.12 bits per heavy atom. The van der Waals surface area contributed by atoms with Crippen LogP contribution in [0.3, 0.4) is 0 Å². The Morgan fingerprint density at radius 2 is 1.85 bits per heavy atom. The summed E-state index contributed by atoms with van der Waals surface area (Å²) < 4.78 is 0. The summed E-state index contributed by atoms with van der Waals surface area (Å²) in [6.45, 7) is 8.94. The molecule has 146 valence electrons. The average molecular weight is 359 g/mol. The van der Waals surface area contributed by atoms with Gasteiger partial charge in [-0.2, -0.15) is 0 Å². The molecule has 7 atom stereocenters. The standard InChI is InChI=1S/C24H38O2/c1-5-6-13-23(3)14-11-19-18(21(23)8-7-16-25)12-15-24(4)20(17(2)26)9-10-22(19)24/h18-22,25H,7-16H2,1-4H3/t18?,19?,20-,21-,22?,23?,24-/m1/s1. The molecule has 3 rings (SSSR count). The maximum Gasteiger partial charge on any atom is 0.133 e. The minimum Gasteiger partial charge on any atom is -0.396 e. The van der Waals surface area contributed by atoms with E-state index in [1.807, 2.05) is 13.8 Å². The minimum absolute atomic E-state index is 0.242. The topological polar surface area (TPSA) is 37.3 Å². The summed E-state index contributed by atoms with van der Waals surface area (Å²) in [6, 6.07) is 0. The van der Waals surface area contributed by atoms with Gasteiger partial charge >= 0.3 is 0 Å². The van der Waals surface area contributed by atoms with Crippen molar-refractivity contribution in [2.45, 2.75) is 85.5 Å². The molecule has 3 saturated carbocycles. The molecule has 4 unspecified atom stereocenters. The third-order valence-corrected chi connectivity index (χ3v) is 8.79. The number of rotatable bonds is 5. The Kier molecular flexibility index (Phi) is 5.88. The van der Waals surface area contributed by atoms with Gasteiger partial charge in [-0.15, -0.1) is 11.8 Å². The van der Waals surface area contributed by atoms with E-state index in [-0.39, 0.29) is 5.41 Å². The smallest absolute Gasteiger partial charge is 0.133 e. The highest BCUT2D eigenvalue weighted by Gasteiger charge is 2.58. The van der Waals surface area contributed by atoms with E-state index in [2.05, 4.69) is 25.7 Å². The summed E-state index contributed by atoms with van der Waals surface area (Å²) in [4.78, 5) is 12.3. The van der Waals surface area contributed by atoms with Crippen molar-refractivity contribution in [3.8, 4) is 11.8 Å². The number of carbonyl (C=O) groups is 1. The maximum atomic E-state index is 12.3. The number of Topliss-reactive ketones (excluding diaryl/α,β-unsaturated/α-hetero) is 1. The fraction of sp³-hybridized carbons (Fsp3) is 0.875. The summed E-state index contributed by atoms with van der Waals surface area (Å²) in [5, 5.41) is 9.46. The third-order valence-electron chi connectivity index (χ3n) is 8.79. The molecule has 0 aromatic heterocycles. The number of aliphatic hydroxyl groups excluding tert-OH is 1. The van der Waals surface area contributed by atoms with Gasteiger partial charge in [0.15, 0.2) is 0 Å². The third kappa shape index (κ3) is 3.26. The number of aliphatic hydroxyl groups is 1. The summed E-state index contributed by atoms with van der Waals surface area (Å²) in [6.07, 6.45) is 10.5. The monoisotopic (exact) mass is 358 g/mol. The fourth-order valence-corrected chi connectivity index (χ4v) is 7.48. The molecular formula is C24H38O2. The first kappa shape index (κ1) is 19.9. The molecule has 3 aliphatic carbocycles. The highest BCUT2D eigenvalue weighted by Crippen LogP contribution is 2.65. The normalized spacial score (nSPS) is 44.6. The van der Waals surface area contributed by atoms with Crippen LogP contribution < -0.4 is 0 Å². The van der Waals surface area contributed by atoms with Gasteiger partial charge in [-0.3, -0.25) is 4.79 Å². The molecule has 3 aliphatic rings. The van der Waals surface area contributed by atoms with Gasteiger partial charge in [0.05, 0.1) is 0 Å². The molecule has 1 N–H and O–H groups in total. The van der Waals surface area contributed by atoms with Gasteiger partial charge in [-0.05, 0) is 99.7 Å². The zero-order chi connectivity index (χ0) is 18.9. The molecule has 0 heterocycles. The predicted octanol–water partition coefficient (Wildman–Crippen LogP) is 5.24. The minimum atomic E-state index is 0.242. The lowest BCUT2D eigenvalue weighted by Crippen LogP contribution is -2.50. The van der Waals surface area contributed by atoms with E-state index in [4.69, 9.17) is 0 Å². The lowest BCUT2D eigenvalue weighted by Gasteiger charge is -2.57. The number of hydrogen-bond acceptors (Lipinski definition) is 2. The second-order valence-corrected chi connectivity index (χ2v) is 9.99. The SMILES string of the molecule is CC#CCC1(C)CCC2C(CC[C@@]3(C)C2CC[C@@H]3C(C)=O)[C@H]1CCCO. The summed E-state index contributed by atoms with van der Waals surface area (Å²) in [5.41, 5.74) is 0.539. The van der Waals surface area contributed by atoms with E-state index < -0.39 is 0 Å². The van der Waals surface area contributed by atoms with E-state index in [0.29, 0.717) is 29.6 Å². The Balaban J connectivity index is 1.86. The van der Waals surface area contributed by atoms with Crippen molar-refractivity contribution in [3.63, 3.8) is 0 Å². The van der Waals surface area contributed by atoms with E-state index in [1.165, 1.54) is 32.1 Å². The number of fused-ring (bicyclic) bond motifs is 3. The number of hydrogen-bond donors (Lipinski definition) is 1. The molecule has 0 radical (unpaired) electrons. The first-order chi connectivity index (χ1) is 12.4. The number of carbonyl (C=O) groups excluding carboxylic acids is 1. The van der Waals surface area contributed by atoms with Crippen molar-refractivity contribution in [2.75, 3.05) is 6.61 Å². The zero-order valence-electron chi connectivity index (χ0n) is 17.3. The van der Waals surface area contributed by atoms with Gasteiger partial charge in [0.1, 0.15) is 5.78 Å². The van der Waals surface area contributed by atoms with Crippen LogP contribution in [0.2, 0.25) is 0 Å². The molecule has 0 aromatic carbocycles. The van der Waals surface area contributed by atoms with Crippen molar-refractivity contribution in [2.24, 2.45) is 40.4 Å². The second kappa shape index (κ2) is 7.67. The van der Waals surface area contributed by atoms with Crippen LogP contribution in [0.5, 0.6) is 0 Å². The van der Waals surface area contributed by atoms with E-state index >= 15 is 0 Å². The Hall–Kier alpha value is -0.810. The summed E-state index contributed by atoms with van der Waals surface area (Å²) in [5.74, 6) is 10.2. The zero-order valence-corrected chi connectivity index (χ0v) is 17.3. The Morgan fingerprint density at radius 3 is 2.50 bits per heavy atom. The molecular weight excluding hydrogens is 320 g/mol. The highest BCUT2D eigenvalue weighted by molar-refractivity contribution is 5.79. The lowest BCUT2D eigenvalue weighted by atomic mass is 9.47. The highest BCUT2D eigenvalue weighted by atomic mass is 16.2. The molecule has 0 bridgehead atoms. The predicted molar refractivity (Wildman–Crippen MR) is 106 cm³/mol. The molecule has 0 aromatic rings. The van der Waals surface area contributed by atoms with Crippen LogP contribution in [-0.4, -0.2) is 17.5 Å². The Labute approximate surface area is 160 Å². The quantitative estimate of drug-likeness (QED) is 0.683. The van der Waals surface area contributed by atoms with Crippen LogP contribution >= 0.6 is 0 Å². The first-order valence-corrected chi connectivity index (χ1v) is 10.9. The largest absolute Gasteiger partial charge is 0.396 e. The van der Waals surface area contributed by atoms with Crippen molar-refractivity contribution >= 4 is 5.78 Å². The second-order valence-electron chi connectivity index (χ2n) is 9.99. The summed E-state index contributed by atoms with van der Waals surface area (Å²) in [7, 11) is 0. The van der Waals surface area contributed by atoms with Crippen LogP contribution in [0.15, 0.2) is 0 Å². The molecule has 26 heavy (non-hydrogen) atoms. The molecule has 2 heteroatoms. The van der Waals surface area contributed by atoms with Crippen molar-refractivity contribution in [1.82, 2.24) is 0 Å². The number of ketones is 1. The molecule has 3 fully saturated rings. The Bertz CT molecular complexity index is 585. The van der Waals surface area contributed by atoms with Crippen LogP contribution in [0, 0.1) is 52.3 Å². The van der Waals surface area contributed by atoms with E-state index in [1.54, 1.807) is 0 Å². The van der Waals surface area contributed by atoms with Crippen molar-refractivity contribution in [1.29, 1.82) is 0 Å². The van der Waals surface area contributed by atoms with Gasteiger partial charge in [0.25, 0.3) is 0 Å². The first-order valence-electron chi connectivity index (χ1n) is 10.9. The van der Waals surface area contributed by atoms with Gasteiger partial charge in [0, 0.05) is 18.9 Å². The summed E-state index contributed by atoms with van der Waals surface area (Å²) >= 11 is 0. The van der Waals surface area contributed by atoms with Crippen molar-refractivity contribution < 1.29 is 9.90 Å². The van der Waals surface area contributed by atoms with Crippen LogP contribution in [0.4, 0.5) is 0 Å². The van der Waals surface area contributed by atoms with E-state index in [0.717, 1.165) is 43.4 Å². The fourth-order valence-electron chi connectivity index (χ4n) is 7.48. The van der Waals surface area contributed by atoms with Crippen molar-refractivity contribution in [3.05, 3.63) is 0 Å². The molecule has 0 saturated heterocycles. The molecule has 0 aliphatic heterocycles. The molecule has 0 spiro atoms. The van der Waals surface area contributed by atoms with Gasteiger partial charge in [-0.25, -0.2) is 0 Å². The lowest BCUT2D eigenvalue weighted by molar-refractivity contribution is -0.129. The van der Waals surface area contributed by atoms with Crippen LogP contribution in [0.25, 0.3) is 0 Å².